The molecule has 1 N–H and O–H groups in total. The van der Waals surface area contributed by atoms with Crippen molar-refractivity contribution in [3.05, 3.63) is 64.2 Å². The summed E-state index contributed by atoms with van der Waals surface area (Å²) in [7, 11) is 0. The highest BCUT2D eigenvalue weighted by molar-refractivity contribution is 6.30. The van der Waals surface area contributed by atoms with E-state index in [4.69, 9.17) is 16.9 Å². The minimum absolute atomic E-state index is 0.123. The number of nitrogens with zero attached hydrogens (tertiary/aromatic N) is 1. The largest absolute Gasteiger partial charge is 0.319 e. The molecule has 100 valence electrons. The summed E-state index contributed by atoms with van der Waals surface area (Å²) >= 11 is 5.58. The lowest BCUT2D eigenvalue weighted by molar-refractivity contribution is 0.102. The number of halogens is 3. The predicted octanol–water partition coefficient (Wildman–Crippen LogP) is 3.74. The Bertz CT molecular complexity index is 726. The SMILES string of the molecule is N#Cc1ccc(NC(=O)c2ccc(Cl)cc2F)c(F)c1. The molecule has 0 aliphatic carbocycles. The van der Waals surface area contributed by atoms with Crippen molar-refractivity contribution < 1.29 is 13.6 Å². The average Bonchev–Trinajstić information content (AvgIpc) is 2.40. The minimum Gasteiger partial charge on any atom is -0.319 e. The molecule has 0 saturated carbocycles. The Morgan fingerprint density at radius 3 is 2.50 bits per heavy atom. The van der Waals surface area contributed by atoms with E-state index >= 15 is 0 Å². The van der Waals surface area contributed by atoms with E-state index in [0.29, 0.717) is 0 Å². The molecule has 2 rings (SSSR count). The summed E-state index contributed by atoms with van der Waals surface area (Å²) in [6, 6.07) is 8.88. The van der Waals surface area contributed by atoms with Gasteiger partial charge in [-0.1, -0.05) is 11.6 Å². The van der Waals surface area contributed by atoms with E-state index < -0.39 is 17.5 Å². The molecule has 0 radical (unpaired) electrons. The van der Waals surface area contributed by atoms with Crippen molar-refractivity contribution in [1.29, 1.82) is 5.26 Å². The first-order valence-corrected chi connectivity index (χ1v) is 5.85. The summed E-state index contributed by atoms with van der Waals surface area (Å²) in [4.78, 5) is 11.8. The maximum atomic E-state index is 13.6. The monoisotopic (exact) mass is 292 g/mol. The summed E-state index contributed by atoms with van der Waals surface area (Å²) in [6.45, 7) is 0. The molecule has 2 aromatic carbocycles. The van der Waals surface area contributed by atoms with E-state index in [9.17, 15) is 13.6 Å². The van der Waals surface area contributed by atoms with Gasteiger partial charge in [0.1, 0.15) is 11.6 Å². The van der Waals surface area contributed by atoms with Crippen LogP contribution >= 0.6 is 11.6 Å². The molecule has 20 heavy (non-hydrogen) atoms. The first kappa shape index (κ1) is 14.0. The molecule has 0 atom stereocenters. The highest BCUT2D eigenvalue weighted by atomic mass is 35.5. The van der Waals surface area contributed by atoms with Gasteiger partial charge >= 0.3 is 0 Å². The Morgan fingerprint density at radius 1 is 1.15 bits per heavy atom. The molecule has 0 aliphatic rings. The number of amides is 1. The van der Waals surface area contributed by atoms with Crippen LogP contribution in [0.5, 0.6) is 0 Å². The van der Waals surface area contributed by atoms with Gasteiger partial charge in [0.15, 0.2) is 0 Å². The van der Waals surface area contributed by atoms with Gasteiger partial charge in [-0.3, -0.25) is 4.79 Å². The summed E-state index contributed by atoms with van der Waals surface area (Å²) in [5.41, 5.74) is -0.264. The Kier molecular flexibility index (Phi) is 3.97. The molecular weight excluding hydrogens is 286 g/mol. The Balaban J connectivity index is 2.26. The van der Waals surface area contributed by atoms with Crippen molar-refractivity contribution in [1.82, 2.24) is 0 Å². The standard InChI is InChI=1S/C14H7ClF2N2O/c15-9-2-3-10(11(16)6-9)14(20)19-13-4-1-8(7-18)5-12(13)17/h1-6H,(H,19,20). The number of hydrogen-bond acceptors (Lipinski definition) is 2. The van der Waals surface area contributed by atoms with Crippen LogP contribution in [0.25, 0.3) is 0 Å². The zero-order valence-corrected chi connectivity index (χ0v) is 10.7. The summed E-state index contributed by atoms with van der Waals surface area (Å²) < 4.78 is 27.1. The second-order valence-electron chi connectivity index (χ2n) is 3.88. The third-order valence-electron chi connectivity index (χ3n) is 2.52. The number of nitriles is 1. The van der Waals surface area contributed by atoms with E-state index in [1.165, 1.54) is 24.3 Å². The van der Waals surface area contributed by atoms with Gasteiger partial charge in [-0.05, 0) is 36.4 Å². The first-order valence-electron chi connectivity index (χ1n) is 5.47. The maximum Gasteiger partial charge on any atom is 0.258 e. The van der Waals surface area contributed by atoms with Crippen LogP contribution in [0.2, 0.25) is 5.02 Å². The summed E-state index contributed by atoms with van der Waals surface area (Å²) in [5, 5.41) is 11.0. The van der Waals surface area contributed by atoms with Gasteiger partial charge in [-0.2, -0.15) is 5.26 Å². The third kappa shape index (κ3) is 2.92. The number of carbonyl (C=O) groups excluding carboxylic acids is 1. The fourth-order valence-corrected chi connectivity index (χ4v) is 1.71. The Labute approximate surface area is 118 Å². The number of anilines is 1. The minimum atomic E-state index is -0.803. The van der Waals surface area contributed by atoms with E-state index in [2.05, 4.69) is 5.32 Å². The topological polar surface area (TPSA) is 52.9 Å². The Hall–Kier alpha value is -2.45. The van der Waals surface area contributed by atoms with Crippen molar-refractivity contribution in [2.75, 3.05) is 5.32 Å². The van der Waals surface area contributed by atoms with Gasteiger partial charge in [0, 0.05) is 5.02 Å². The van der Waals surface area contributed by atoms with Crippen molar-refractivity contribution in [3.63, 3.8) is 0 Å². The Morgan fingerprint density at radius 2 is 1.90 bits per heavy atom. The molecular formula is C14H7ClF2N2O. The zero-order chi connectivity index (χ0) is 14.7. The normalized spacial score (nSPS) is 9.90. The molecule has 0 unspecified atom stereocenters. The lowest BCUT2D eigenvalue weighted by atomic mass is 10.1. The predicted molar refractivity (Wildman–Crippen MR) is 70.5 cm³/mol. The quantitative estimate of drug-likeness (QED) is 0.916. The molecule has 0 aromatic heterocycles. The second kappa shape index (κ2) is 5.68. The third-order valence-corrected chi connectivity index (χ3v) is 2.76. The van der Waals surface area contributed by atoms with Gasteiger partial charge < -0.3 is 5.32 Å². The van der Waals surface area contributed by atoms with Crippen LogP contribution in [0.3, 0.4) is 0 Å². The van der Waals surface area contributed by atoms with Gasteiger partial charge in [-0.15, -0.1) is 0 Å². The van der Waals surface area contributed by atoms with Gasteiger partial charge in [-0.25, -0.2) is 8.78 Å². The van der Waals surface area contributed by atoms with Crippen LogP contribution < -0.4 is 5.32 Å². The molecule has 3 nitrogen and oxygen atoms in total. The molecule has 0 spiro atoms. The molecule has 0 bridgehead atoms. The van der Waals surface area contributed by atoms with Crippen LogP contribution in [0.15, 0.2) is 36.4 Å². The lowest BCUT2D eigenvalue weighted by Crippen LogP contribution is -2.14. The highest BCUT2D eigenvalue weighted by Crippen LogP contribution is 2.19. The van der Waals surface area contributed by atoms with E-state index in [1.807, 2.05) is 0 Å². The van der Waals surface area contributed by atoms with Crippen LogP contribution in [0.4, 0.5) is 14.5 Å². The summed E-state index contributed by atoms with van der Waals surface area (Å²) in [5.74, 6) is -2.38. The van der Waals surface area contributed by atoms with Gasteiger partial charge in [0.05, 0.1) is 22.9 Å². The van der Waals surface area contributed by atoms with Crippen molar-refractivity contribution in [2.24, 2.45) is 0 Å². The van der Waals surface area contributed by atoms with Crippen LogP contribution in [-0.2, 0) is 0 Å². The smallest absolute Gasteiger partial charge is 0.258 e. The molecule has 0 aliphatic heterocycles. The molecule has 0 fully saturated rings. The van der Waals surface area contributed by atoms with Gasteiger partial charge in [0.2, 0.25) is 0 Å². The highest BCUT2D eigenvalue weighted by Gasteiger charge is 2.14. The molecule has 0 heterocycles. The van der Waals surface area contributed by atoms with Crippen molar-refractivity contribution in [3.8, 4) is 6.07 Å². The molecule has 1 amide bonds. The molecule has 6 heteroatoms. The van der Waals surface area contributed by atoms with Crippen molar-refractivity contribution >= 4 is 23.2 Å². The van der Waals surface area contributed by atoms with Crippen LogP contribution in [0.1, 0.15) is 15.9 Å². The van der Waals surface area contributed by atoms with E-state index in [0.717, 1.165) is 12.1 Å². The van der Waals surface area contributed by atoms with Crippen molar-refractivity contribution in [2.45, 2.75) is 0 Å². The van der Waals surface area contributed by atoms with Crippen LogP contribution in [0, 0.1) is 23.0 Å². The number of carbonyl (C=O) groups is 1. The van der Waals surface area contributed by atoms with Crippen LogP contribution in [-0.4, -0.2) is 5.91 Å². The lowest BCUT2D eigenvalue weighted by Gasteiger charge is -2.07. The van der Waals surface area contributed by atoms with Gasteiger partial charge in [0.25, 0.3) is 5.91 Å². The summed E-state index contributed by atoms with van der Waals surface area (Å²) in [6.07, 6.45) is 0. The number of nitrogens with one attached hydrogen (secondary N) is 1. The molecule has 0 saturated heterocycles. The van der Waals surface area contributed by atoms with E-state index in [-0.39, 0.29) is 21.8 Å². The fourth-order valence-electron chi connectivity index (χ4n) is 1.55. The number of benzene rings is 2. The van der Waals surface area contributed by atoms with E-state index in [1.54, 1.807) is 6.07 Å². The second-order valence-corrected chi connectivity index (χ2v) is 4.32. The average molecular weight is 293 g/mol. The first-order chi connectivity index (χ1) is 9.51. The fraction of sp³-hybridized carbons (Fsp3) is 0. The number of rotatable bonds is 2. The molecule has 2 aromatic rings. The zero-order valence-electron chi connectivity index (χ0n) is 9.95. The number of hydrogen-bond donors (Lipinski definition) is 1. The maximum absolute atomic E-state index is 13.6.